The minimum absolute atomic E-state index is 0.300. The maximum atomic E-state index is 6.23. The second kappa shape index (κ2) is 6.57. The van der Waals surface area contributed by atoms with E-state index in [0.717, 1.165) is 29.5 Å². The lowest BCUT2D eigenvalue weighted by Gasteiger charge is -2.37. The van der Waals surface area contributed by atoms with Gasteiger partial charge in [0.15, 0.2) is 0 Å². The van der Waals surface area contributed by atoms with Crippen LogP contribution in [0.1, 0.15) is 51.3 Å². The van der Waals surface area contributed by atoms with Gasteiger partial charge in [0.25, 0.3) is 0 Å². The quantitative estimate of drug-likeness (QED) is 0.912. The molecule has 1 aromatic heterocycles. The van der Waals surface area contributed by atoms with Crippen molar-refractivity contribution in [2.24, 2.45) is 23.5 Å². The fraction of sp³-hybridized carbons (Fsp3) is 0.706. The first-order chi connectivity index (χ1) is 9.51. The first-order valence-electron chi connectivity index (χ1n) is 7.84. The van der Waals surface area contributed by atoms with Crippen LogP contribution in [-0.4, -0.2) is 11.1 Å². The molecule has 0 aliphatic heterocycles. The Labute approximate surface area is 122 Å². The van der Waals surface area contributed by atoms with Gasteiger partial charge in [0, 0.05) is 18.3 Å². The van der Waals surface area contributed by atoms with Gasteiger partial charge < -0.3 is 10.5 Å². The van der Waals surface area contributed by atoms with Gasteiger partial charge >= 0.3 is 0 Å². The van der Waals surface area contributed by atoms with E-state index in [2.05, 4.69) is 25.8 Å². The molecule has 1 fully saturated rings. The summed E-state index contributed by atoms with van der Waals surface area (Å²) in [7, 11) is 0. The normalized spacial score (nSPS) is 26.8. The zero-order chi connectivity index (χ0) is 14.7. The van der Waals surface area contributed by atoms with E-state index in [1.54, 1.807) is 0 Å². The Hall–Kier alpha value is -1.09. The number of hydrogen-bond acceptors (Lipinski definition) is 3. The van der Waals surface area contributed by atoms with Crippen LogP contribution in [-0.2, 0) is 6.54 Å². The summed E-state index contributed by atoms with van der Waals surface area (Å²) >= 11 is 0. The van der Waals surface area contributed by atoms with E-state index in [4.69, 9.17) is 10.5 Å². The molecule has 3 unspecified atom stereocenters. The van der Waals surface area contributed by atoms with Gasteiger partial charge in [0.05, 0.1) is 0 Å². The number of nitrogens with zero attached hydrogens (tertiary/aromatic N) is 1. The molecule has 1 heterocycles. The number of ether oxygens (including phenoxy) is 1. The zero-order valence-electron chi connectivity index (χ0n) is 13.2. The fourth-order valence-corrected chi connectivity index (χ4v) is 3.25. The second-order valence-corrected chi connectivity index (χ2v) is 6.58. The third-order valence-corrected chi connectivity index (χ3v) is 4.62. The third kappa shape index (κ3) is 3.51. The molecular weight excluding hydrogens is 248 g/mol. The predicted molar refractivity (Wildman–Crippen MR) is 82.6 cm³/mol. The Kier molecular flexibility index (Phi) is 5.03. The highest BCUT2D eigenvalue weighted by atomic mass is 16.5. The van der Waals surface area contributed by atoms with Crippen molar-refractivity contribution >= 4 is 0 Å². The monoisotopic (exact) mass is 276 g/mol. The first-order valence-corrected chi connectivity index (χ1v) is 7.84. The molecule has 2 rings (SSSR count). The Balaban J connectivity index is 2.11. The van der Waals surface area contributed by atoms with E-state index in [-0.39, 0.29) is 0 Å². The molecule has 0 saturated heterocycles. The maximum Gasteiger partial charge on any atom is 0.213 e. The van der Waals surface area contributed by atoms with Crippen LogP contribution in [0.5, 0.6) is 5.88 Å². The third-order valence-electron chi connectivity index (χ3n) is 4.62. The lowest BCUT2D eigenvalue weighted by molar-refractivity contribution is 0.0425. The van der Waals surface area contributed by atoms with Crippen molar-refractivity contribution in [3.05, 3.63) is 23.4 Å². The van der Waals surface area contributed by atoms with Crippen LogP contribution in [0.3, 0.4) is 0 Å². The van der Waals surface area contributed by atoms with Crippen LogP contribution in [0.2, 0.25) is 0 Å². The molecule has 3 nitrogen and oxygen atoms in total. The summed E-state index contributed by atoms with van der Waals surface area (Å²) in [6, 6.07) is 4.00. The number of hydrogen-bond donors (Lipinski definition) is 1. The van der Waals surface area contributed by atoms with E-state index in [0.29, 0.717) is 24.5 Å². The summed E-state index contributed by atoms with van der Waals surface area (Å²) in [6.07, 6.45) is 4.03. The van der Waals surface area contributed by atoms with Crippen molar-refractivity contribution in [3.8, 4) is 5.88 Å². The molecule has 3 atom stereocenters. The Morgan fingerprint density at radius 2 is 2.10 bits per heavy atom. The first kappa shape index (κ1) is 15.3. The molecule has 0 bridgehead atoms. The number of nitrogens with two attached hydrogens (primary N) is 1. The largest absolute Gasteiger partial charge is 0.474 e. The highest BCUT2D eigenvalue weighted by Crippen LogP contribution is 2.35. The van der Waals surface area contributed by atoms with Crippen LogP contribution in [0, 0.1) is 24.7 Å². The number of rotatable bonds is 4. The molecule has 1 saturated carbocycles. The van der Waals surface area contributed by atoms with Gasteiger partial charge in [-0.3, -0.25) is 0 Å². The smallest absolute Gasteiger partial charge is 0.213 e. The lowest BCUT2D eigenvalue weighted by Crippen LogP contribution is -2.36. The number of pyridine rings is 1. The second-order valence-electron chi connectivity index (χ2n) is 6.58. The summed E-state index contributed by atoms with van der Waals surface area (Å²) < 4.78 is 6.23. The van der Waals surface area contributed by atoms with E-state index in [1.165, 1.54) is 12.8 Å². The molecule has 0 spiro atoms. The summed E-state index contributed by atoms with van der Waals surface area (Å²) in [5.74, 6) is 2.81. The average molecular weight is 276 g/mol. The SMILES string of the molecule is Cc1nc(OC2CC(C)CCC2C(C)C)ccc1CN. The van der Waals surface area contributed by atoms with Crippen molar-refractivity contribution in [1.82, 2.24) is 4.98 Å². The van der Waals surface area contributed by atoms with Crippen molar-refractivity contribution in [3.63, 3.8) is 0 Å². The van der Waals surface area contributed by atoms with E-state index in [1.807, 2.05) is 19.1 Å². The highest BCUT2D eigenvalue weighted by Gasteiger charge is 2.32. The summed E-state index contributed by atoms with van der Waals surface area (Å²) in [6.45, 7) is 9.45. The summed E-state index contributed by atoms with van der Waals surface area (Å²) in [4.78, 5) is 4.55. The Morgan fingerprint density at radius 1 is 1.35 bits per heavy atom. The number of aryl methyl sites for hydroxylation is 1. The van der Waals surface area contributed by atoms with Crippen molar-refractivity contribution in [1.29, 1.82) is 0 Å². The summed E-state index contributed by atoms with van der Waals surface area (Å²) in [5, 5.41) is 0. The van der Waals surface area contributed by atoms with Gasteiger partial charge in [-0.2, -0.15) is 0 Å². The van der Waals surface area contributed by atoms with E-state index < -0.39 is 0 Å². The molecular formula is C17H28N2O. The van der Waals surface area contributed by atoms with Gasteiger partial charge in [-0.05, 0) is 43.1 Å². The van der Waals surface area contributed by atoms with E-state index >= 15 is 0 Å². The van der Waals surface area contributed by atoms with Crippen LogP contribution < -0.4 is 10.5 Å². The van der Waals surface area contributed by atoms with Gasteiger partial charge in [-0.1, -0.05) is 33.3 Å². The molecule has 0 aromatic carbocycles. The minimum atomic E-state index is 0.300. The van der Waals surface area contributed by atoms with Crippen LogP contribution in [0.25, 0.3) is 0 Å². The van der Waals surface area contributed by atoms with Gasteiger partial charge in [0.1, 0.15) is 6.10 Å². The average Bonchev–Trinajstić information content (AvgIpc) is 2.38. The standard InChI is InChI=1S/C17H28N2O/c1-11(2)15-7-5-12(3)9-16(15)20-17-8-6-14(10-18)13(4)19-17/h6,8,11-12,15-16H,5,7,9-10,18H2,1-4H3. The maximum absolute atomic E-state index is 6.23. The van der Waals surface area contributed by atoms with Crippen LogP contribution in [0.15, 0.2) is 12.1 Å². The minimum Gasteiger partial charge on any atom is -0.474 e. The molecule has 2 N–H and O–H groups in total. The molecule has 112 valence electrons. The molecule has 0 amide bonds. The molecule has 3 heteroatoms. The lowest BCUT2D eigenvalue weighted by atomic mass is 9.75. The van der Waals surface area contributed by atoms with Crippen molar-refractivity contribution in [2.45, 2.75) is 59.6 Å². The number of aromatic nitrogens is 1. The van der Waals surface area contributed by atoms with Crippen LogP contribution in [0.4, 0.5) is 0 Å². The molecule has 0 radical (unpaired) electrons. The Morgan fingerprint density at radius 3 is 2.70 bits per heavy atom. The summed E-state index contributed by atoms with van der Waals surface area (Å²) in [5.41, 5.74) is 7.76. The highest BCUT2D eigenvalue weighted by molar-refractivity contribution is 5.24. The Bertz CT molecular complexity index is 445. The molecule has 1 aliphatic rings. The van der Waals surface area contributed by atoms with E-state index in [9.17, 15) is 0 Å². The van der Waals surface area contributed by atoms with Crippen molar-refractivity contribution in [2.75, 3.05) is 0 Å². The van der Waals surface area contributed by atoms with Gasteiger partial charge in [0.2, 0.25) is 5.88 Å². The van der Waals surface area contributed by atoms with Gasteiger partial charge in [-0.15, -0.1) is 0 Å². The van der Waals surface area contributed by atoms with Crippen LogP contribution >= 0.6 is 0 Å². The molecule has 20 heavy (non-hydrogen) atoms. The fourth-order valence-electron chi connectivity index (χ4n) is 3.25. The molecule has 1 aromatic rings. The topological polar surface area (TPSA) is 48.1 Å². The van der Waals surface area contributed by atoms with Crippen molar-refractivity contribution < 1.29 is 4.74 Å². The molecule has 1 aliphatic carbocycles. The predicted octanol–water partition coefficient (Wildman–Crippen LogP) is 3.69. The van der Waals surface area contributed by atoms with Gasteiger partial charge in [-0.25, -0.2) is 4.98 Å². The zero-order valence-corrected chi connectivity index (χ0v) is 13.2.